The molecule has 2 aromatic rings. The van der Waals surface area contributed by atoms with E-state index < -0.39 is 0 Å². The van der Waals surface area contributed by atoms with Crippen LogP contribution in [0.25, 0.3) is 5.69 Å². The van der Waals surface area contributed by atoms with E-state index >= 15 is 0 Å². The van der Waals surface area contributed by atoms with Crippen molar-refractivity contribution in [2.45, 2.75) is 25.8 Å². The normalized spacial score (nSPS) is 19.5. The van der Waals surface area contributed by atoms with Gasteiger partial charge >= 0.3 is 0 Å². The van der Waals surface area contributed by atoms with Crippen molar-refractivity contribution < 1.29 is 4.39 Å². The Kier molecular flexibility index (Phi) is 6.59. The number of aromatic nitrogens is 2. The van der Waals surface area contributed by atoms with E-state index in [-0.39, 0.29) is 29.8 Å². The zero-order valence-electron chi connectivity index (χ0n) is 13.9. The first-order valence-corrected chi connectivity index (χ1v) is 7.93. The molecular weight excluding hydrogens is 420 g/mol. The molecule has 5 nitrogen and oxygen atoms in total. The van der Waals surface area contributed by atoms with Crippen LogP contribution >= 0.6 is 24.0 Å². The fraction of sp³-hybridized carbons (Fsp3) is 0.412. The fourth-order valence-electron chi connectivity index (χ4n) is 2.44. The molecule has 130 valence electrons. The van der Waals surface area contributed by atoms with Crippen LogP contribution in [0.5, 0.6) is 0 Å². The second-order valence-electron chi connectivity index (χ2n) is 5.94. The highest BCUT2D eigenvalue weighted by Crippen LogP contribution is 2.28. The number of benzene rings is 1. The van der Waals surface area contributed by atoms with Crippen LogP contribution < -0.4 is 10.6 Å². The Morgan fingerprint density at radius 1 is 1.33 bits per heavy atom. The predicted molar refractivity (Wildman–Crippen MR) is 105 cm³/mol. The summed E-state index contributed by atoms with van der Waals surface area (Å²) in [5.74, 6) is 1.34. The average Bonchev–Trinajstić information content (AvgIpc) is 3.05. The molecule has 7 heteroatoms. The van der Waals surface area contributed by atoms with Crippen LogP contribution in [0.3, 0.4) is 0 Å². The van der Waals surface area contributed by atoms with Crippen molar-refractivity contribution >= 4 is 29.9 Å². The van der Waals surface area contributed by atoms with E-state index in [2.05, 4.69) is 27.6 Å². The second kappa shape index (κ2) is 8.46. The molecule has 1 aliphatic rings. The van der Waals surface area contributed by atoms with Crippen molar-refractivity contribution in [2.24, 2.45) is 10.9 Å². The number of nitrogens with zero attached hydrogens (tertiary/aromatic N) is 3. The second-order valence-corrected chi connectivity index (χ2v) is 5.94. The summed E-state index contributed by atoms with van der Waals surface area (Å²) in [6.07, 6.45) is 3.90. The van der Waals surface area contributed by atoms with E-state index in [1.165, 1.54) is 18.6 Å². The van der Waals surface area contributed by atoms with Gasteiger partial charge in [0.05, 0.1) is 11.4 Å². The largest absolute Gasteiger partial charge is 0.356 e. The van der Waals surface area contributed by atoms with Gasteiger partial charge in [0.2, 0.25) is 0 Å². The van der Waals surface area contributed by atoms with Crippen LogP contribution in [-0.2, 0) is 6.42 Å². The molecule has 0 saturated heterocycles. The molecule has 1 fully saturated rings. The number of nitrogens with one attached hydrogen (secondary N) is 2. The number of rotatable bonds is 5. The Morgan fingerprint density at radius 3 is 2.67 bits per heavy atom. The zero-order valence-corrected chi connectivity index (χ0v) is 16.2. The summed E-state index contributed by atoms with van der Waals surface area (Å²) in [5.41, 5.74) is 1.84. The molecule has 1 aliphatic carbocycles. The van der Waals surface area contributed by atoms with E-state index in [0.29, 0.717) is 6.04 Å². The van der Waals surface area contributed by atoms with Crippen LogP contribution in [0.1, 0.15) is 19.0 Å². The number of hydrogen-bond acceptors (Lipinski definition) is 2. The Bertz CT molecular complexity index is 683. The average molecular weight is 443 g/mol. The molecule has 0 aliphatic heterocycles. The van der Waals surface area contributed by atoms with Gasteiger partial charge in [0.1, 0.15) is 5.82 Å². The maximum atomic E-state index is 12.9. The molecule has 1 heterocycles. The van der Waals surface area contributed by atoms with Gasteiger partial charge in [0.25, 0.3) is 0 Å². The monoisotopic (exact) mass is 443 g/mol. The lowest BCUT2D eigenvalue weighted by atomic mass is 10.3. The van der Waals surface area contributed by atoms with Crippen LogP contribution in [0, 0.1) is 11.7 Å². The molecule has 1 aromatic heterocycles. The summed E-state index contributed by atoms with van der Waals surface area (Å²) < 4.78 is 14.7. The molecule has 0 bridgehead atoms. The smallest absolute Gasteiger partial charge is 0.191 e. The van der Waals surface area contributed by atoms with E-state index in [0.717, 1.165) is 36.2 Å². The summed E-state index contributed by atoms with van der Waals surface area (Å²) in [4.78, 5) is 4.23. The topological polar surface area (TPSA) is 54.2 Å². The third-order valence-electron chi connectivity index (χ3n) is 4.06. The first-order chi connectivity index (χ1) is 11.2. The van der Waals surface area contributed by atoms with Crippen molar-refractivity contribution in [3.05, 3.63) is 48.0 Å². The molecule has 24 heavy (non-hydrogen) atoms. The summed E-state index contributed by atoms with van der Waals surface area (Å²) in [6.45, 7) is 2.99. The minimum absolute atomic E-state index is 0. The number of hydrogen-bond donors (Lipinski definition) is 2. The van der Waals surface area contributed by atoms with Crippen LogP contribution in [0.4, 0.5) is 4.39 Å². The van der Waals surface area contributed by atoms with Crippen molar-refractivity contribution in [2.75, 3.05) is 13.6 Å². The highest BCUT2D eigenvalue weighted by atomic mass is 127. The third kappa shape index (κ3) is 4.93. The molecule has 3 rings (SSSR count). The number of halogens is 2. The summed E-state index contributed by atoms with van der Waals surface area (Å²) in [5, 5.41) is 11.2. The molecule has 2 N–H and O–H groups in total. The lowest BCUT2D eigenvalue weighted by molar-refractivity contribution is 0.627. The van der Waals surface area contributed by atoms with Gasteiger partial charge in [-0.05, 0) is 42.7 Å². The van der Waals surface area contributed by atoms with Crippen LogP contribution in [0.2, 0.25) is 0 Å². The fourth-order valence-corrected chi connectivity index (χ4v) is 2.44. The van der Waals surface area contributed by atoms with E-state index in [1.54, 1.807) is 23.9 Å². The van der Waals surface area contributed by atoms with E-state index in [1.807, 2.05) is 12.3 Å². The Labute approximate surface area is 158 Å². The number of guanidine groups is 1. The summed E-state index contributed by atoms with van der Waals surface area (Å²) in [6, 6.07) is 8.84. The van der Waals surface area contributed by atoms with E-state index in [9.17, 15) is 4.39 Å². The van der Waals surface area contributed by atoms with Crippen molar-refractivity contribution in [1.82, 2.24) is 20.4 Å². The van der Waals surface area contributed by atoms with Crippen molar-refractivity contribution in [3.63, 3.8) is 0 Å². The molecule has 1 saturated carbocycles. The minimum atomic E-state index is -0.241. The van der Waals surface area contributed by atoms with Gasteiger partial charge in [0.15, 0.2) is 5.96 Å². The Balaban J connectivity index is 0.00000208. The highest BCUT2D eigenvalue weighted by molar-refractivity contribution is 14.0. The lowest BCUT2D eigenvalue weighted by Gasteiger charge is -2.10. The van der Waals surface area contributed by atoms with E-state index in [4.69, 9.17) is 0 Å². The van der Waals surface area contributed by atoms with Crippen LogP contribution in [-0.4, -0.2) is 35.4 Å². The summed E-state index contributed by atoms with van der Waals surface area (Å²) >= 11 is 0. The SMILES string of the molecule is CN=C(NCCc1ccn(-c2ccc(F)cc2)n1)NC1CC1C.I. The molecule has 0 spiro atoms. The van der Waals surface area contributed by atoms with Gasteiger partial charge in [-0.2, -0.15) is 5.10 Å². The molecule has 1 aromatic carbocycles. The maximum Gasteiger partial charge on any atom is 0.191 e. The van der Waals surface area contributed by atoms with Gasteiger partial charge in [-0.1, -0.05) is 6.92 Å². The quantitative estimate of drug-likeness (QED) is 0.425. The molecule has 0 radical (unpaired) electrons. The van der Waals surface area contributed by atoms with Gasteiger partial charge in [-0.25, -0.2) is 9.07 Å². The van der Waals surface area contributed by atoms with Crippen molar-refractivity contribution in [3.8, 4) is 5.69 Å². The highest BCUT2D eigenvalue weighted by Gasteiger charge is 2.33. The lowest BCUT2D eigenvalue weighted by Crippen LogP contribution is -2.39. The Morgan fingerprint density at radius 2 is 2.04 bits per heavy atom. The standard InChI is InChI=1S/C17H22FN5.HI/c1-12-11-16(12)21-17(19-2)20-9-7-14-8-10-23(22-14)15-5-3-13(18)4-6-15;/h3-6,8,10,12,16H,7,9,11H2,1-2H3,(H2,19,20,21);1H. The van der Waals surface area contributed by atoms with Crippen molar-refractivity contribution in [1.29, 1.82) is 0 Å². The first-order valence-electron chi connectivity index (χ1n) is 7.93. The molecule has 2 atom stereocenters. The van der Waals surface area contributed by atoms with Crippen LogP contribution in [0.15, 0.2) is 41.5 Å². The third-order valence-corrected chi connectivity index (χ3v) is 4.06. The maximum absolute atomic E-state index is 12.9. The Hall–Kier alpha value is -1.64. The first kappa shape index (κ1) is 18.7. The molecule has 0 amide bonds. The number of aliphatic imine (C=N–C) groups is 1. The summed E-state index contributed by atoms with van der Waals surface area (Å²) in [7, 11) is 1.78. The zero-order chi connectivity index (χ0) is 16.2. The van der Waals surface area contributed by atoms with Gasteiger partial charge in [0, 0.05) is 32.3 Å². The van der Waals surface area contributed by atoms with Gasteiger partial charge < -0.3 is 10.6 Å². The van der Waals surface area contributed by atoms with Gasteiger partial charge in [-0.3, -0.25) is 4.99 Å². The predicted octanol–water partition coefficient (Wildman–Crippen LogP) is 2.75. The van der Waals surface area contributed by atoms with Gasteiger partial charge in [-0.15, -0.1) is 24.0 Å². The minimum Gasteiger partial charge on any atom is -0.356 e. The molecule has 2 unspecified atom stereocenters. The molecular formula is C17H23FIN5.